The molecule has 0 aromatic heterocycles. The average Bonchev–Trinajstić information content (AvgIpc) is 0.918. The van der Waals surface area contributed by atoms with Gasteiger partial charge in [-0.2, -0.15) is 0 Å². The molecule has 4 heteroatoms. The third-order valence-corrected chi connectivity index (χ3v) is 0. The van der Waals surface area contributed by atoms with Crippen LogP contribution in [0.3, 0.4) is 0 Å². The van der Waals surface area contributed by atoms with E-state index in [0.29, 0.717) is 0 Å². The first-order chi connectivity index (χ1) is 1.41. The second-order valence-electron chi connectivity index (χ2n) is 0.0894. The first-order valence-electron chi connectivity index (χ1n) is 0.400. The molecule has 16 valence electrons. The quantitative estimate of drug-likeness (QED) is 0.198. The molecule has 0 N–H and O–H groups in total. The van der Waals surface area contributed by atoms with Crippen LogP contribution in [0, 0.1) is 0 Å². The van der Waals surface area contributed by atoms with Gasteiger partial charge in [-0.1, -0.05) is 0 Å². The third-order valence-electron chi connectivity index (χ3n) is 0. The van der Waals surface area contributed by atoms with Crippen molar-refractivity contribution in [2.24, 2.45) is 0 Å². The maximum atomic E-state index is 6.75. The summed E-state index contributed by atoms with van der Waals surface area (Å²) >= 11 is 0. The van der Waals surface area contributed by atoms with Crippen molar-refractivity contribution in [1.82, 2.24) is 0 Å². The summed E-state index contributed by atoms with van der Waals surface area (Å²) in [6.45, 7) is 0. The Bertz CT molecular complexity index is 24.3. The zero-order valence-electron chi connectivity index (χ0n) is 2.05. The van der Waals surface area contributed by atoms with Crippen molar-refractivity contribution in [3.05, 3.63) is 16.0 Å². The van der Waals surface area contributed by atoms with Crippen molar-refractivity contribution in [2.75, 3.05) is 0 Å². The zero-order chi connectivity index (χ0) is 2.71. The van der Waals surface area contributed by atoms with E-state index in [-0.39, 0.29) is 45.5 Å². The summed E-state index contributed by atoms with van der Waals surface area (Å²) in [5, 5.41) is 0. The third kappa shape index (κ3) is 14.3. The van der Waals surface area contributed by atoms with Gasteiger partial charge in [0.15, 0.2) is 0 Å². The van der Waals surface area contributed by atoms with Gasteiger partial charge >= 0.3 is 45.5 Å². The van der Waals surface area contributed by atoms with Gasteiger partial charge in [0.1, 0.15) is 0 Å². The van der Waals surface area contributed by atoms with E-state index >= 15 is 0 Å². The predicted molar refractivity (Wildman–Crippen MR) is 15.8 cm³/mol. The van der Waals surface area contributed by atoms with Crippen molar-refractivity contribution < 1.29 is 0 Å². The minimum absolute atomic E-state index is 0. The molecule has 0 radical (unpaired) electrons. The first kappa shape index (κ1) is 8.84. The summed E-state index contributed by atoms with van der Waals surface area (Å²) < 4.78 is 0. The molecule has 0 amide bonds. The molecule has 0 aliphatic rings. The van der Waals surface area contributed by atoms with Crippen molar-refractivity contribution in [1.29, 1.82) is 0 Å². The van der Waals surface area contributed by atoms with Gasteiger partial charge in [-0.25, -0.2) is 0 Å². The Morgan fingerprint density at radius 3 is 1.25 bits per heavy atom. The summed E-state index contributed by atoms with van der Waals surface area (Å²) in [6, 6.07) is 0. The molecule has 0 rings (SSSR count). The molecule has 3 nitrogen and oxygen atoms in total. The van der Waals surface area contributed by atoms with Gasteiger partial charge in [0.05, 0.1) is 0 Å². The molecule has 0 aromatic carbocycles. The molecular formula is N3Sr+. The molecule has 0 heterocycles. The van der Waals surface area contributed by atoms with Crippen LogP contribution in [0.5, 0.6) is 0 Å². The Hall–Kier alpha value is 0.791. The topological polar surface area (TPSA) is 58.7 Å². The van der Waals surface area contributed by atoms with E-state index in [2.05, 4.69) is 0 Å². The van der Waals surface area contributed by atoms with Crippen LogP contribution in [0.4, 0.5) is 0 Å². The minimum Gasteiger partial charge on any atom is -0.373 e. The molecule has 4 heavy (non-hydrogen) atoms. The summed E-state index contributed by atoms with van der Waals surface area (Å²) in [4.78, 5) is 1.50. The van der Waals surface area contributed by atoms with Crippen LogP contribution in [0.2, 0.25) is 0 Å². The van der Waals surface area contributed by atoms with Crippen molar-refractivity contribution in [2.45, 2.75) is 0 Å². The normalized spacial score (nSPS) is 2.00. The Labute approximate surface area is 60.7 Å². The number of hydrogen-bond acceptors (Lipinski definition) is 0. The number of hydrogen-bond donors (Lipinski definition) is 0. The SMILES string of the molecule is [N-]=[N+]=[N-].[Sr+2]. The van der Waals surface area contributed by atoms with Gasteiger partial charge in [0.2, 0.25) is 0 Å². The van der Waals surface area contributed by atoms with Crippen LogP contribution in [-0.2, 0) is 0 Å². The Balaban J connectivity index is 0. The number of rotatable bonds is 0. The van der Waals surface area contributed by atoms with E-state index in [4.69, 9.17) is 11.1 Å². The average molecular weight is 130 g/mol. The van der Waals surface area contributed by atoms with Gasteiger partial charge < -0.3 is 11.1 Å². The molecule has 0 fully saturated rings. The Morgan fingerprint density at radius 2 is 1.25 bits per heavy atom. The summed E-state index contributed by atoms with van der Waals surface area (Å²) in [7, 11) is 0. The van der Waals surface area contributed by atoms with E-state index in [9.17, 15) is 0 Å². The number of nitrogens with zero attached hydrogens (tertiary/aromatic N) is 3. The van der Waals surface area contributed by atoms with E-state index in [0.717, 1.165) is 0 Å². The minimum atomic E-state index is 0. The molecule has 0 saturated carbocycles. The molecule has 0 aromatic rings. The van der Waals surface area contributed by atoms with Crippen LogP contribution >= 0.6 is 0 Å². The molecular weight excluding hydrogens is 130 g/mol. The molecule has 0 aliphatic carbocycles. The van der Waals surface area contributed by atoms with Crippen LogP contribution in [-0.4, -0.2) is 45.5 Å². The fourth-order valence-electron chi connectivity index (χ4n) is 0. The Kier molecular flexibility index (Phi) is 20.3. The van der Waals surface area contributed by atoms with Gasteiger partial charge in [-0.15, -0.1) is 0 Å². The second-order valence-corrected chi connectivity index (χ2v) is 0.0894. The smallest absolute Gasteiger partial charge is 0.373 e. The first-order valence-corrected chi connectivity index (χ1v) is 0.400. The van der Waals surface area contributed by atoms with Crippen LogP contribution in [0.1, 0.15) is 0 Å². The van der Waals surface area contributed by atoms with Crippen molar-refractivity contribution in [3.63, 3.8) is 0 Å². The maximum Gasteiger partial charge on any atom is 2.00 e. The van der Waals surface area contributed by atoms with Crippen molar-refractivity contribution >= 4 is 45.5 Å². The van der Waals surface area contributed by atoms with E-state index in [1.807, 2.05) is 0 Å². The fraction of sp³-hybridized carbons (Fsp3) is 0. The zero-order valence-corrected chi connectivity index (χ0v) is 5.52. The molecule has 0 atom stereocenters. The molecule has 0 bridgehead atoms. The van der Waals surface area contributed by atoms with E-state index in [1.54, 1.807) is 0 Å². The van der Waals surface area contributed by atoms with Gasteiger partial charge in [-0.3, -0.25) is 4.91 Å². The molecule has 0 aliphatic heterocycles. The van der Waals surface area contributed by atoms with E-state index in [1.165, 1.54) is 4.91 Å². The second kappa shape index (κ2) is 9.21. The predicted octanol–water partition coefficient (Wildman–Crippen LogP) is 0.485. The van der Waals surface area contributed by atoms with Gasteiger partial charge in [0.25, 0.3) is 0 Å². The summed E-state index contributed by atoms with van der Waals surface area (Å²) in [5.41, 5.74) is 13.5. The van der Waals surface area contributed by atoms with Crippen LogP contribution in [0.15, 0.2) is 0 Å². The van der Waals surface area contributed by atoms with E-state index < -0.39 is 0 Å². The summed E-state index contributed by atoms with van der Waals surface area (Å²) in [5.74, 6) is 0. The largest absolute Gasteiger partial charge is 2.00 e. The van der Waals surface area contributed by atoms with Gasteiger partial charge in [0, 0.05) is 0 Å². The maximum absolute atomic E-state index is 6.75. The molecule has 0 unspecified atom stereocenters. The Morgan fingerprint density at radius 1 is 1.25 bits per heavy atom. The van der Waals surface area contributed by atoms with Crippen LogP contribution in [0.25, 0.3) is 16.0 Å². The molecule has 0 saturated heterocycles. The standard InChI is InChI=1S/N3.Sr/c1-3-2;/q-1;+2. The molecule has 0 spiro atoms. The van der Waals surface area contributed by atoms with Crippen molar-refractivity contribution in [3.8, 4) is 0 Å². The summed E-state index contributed by atoms with van der Waals surface area (Å²) in [6.07, 6.45) is 0. The fourth-order valence-corrected chi connectivity index (χ4v) is 0. The van der Waals surface area contributed by atoms with Gasteiger partial charge in [-0.05, 0) is 0 Å². The monoisotopic (exact) mass is 130 g/mol. The van der Waals surface area contributed by atoms with Crippen LogP contribution < -0.4 is 0 Å².